The van der Waals surface area contributed by atoms with Gasteiger partial charge in [-0.2, -0.15) is 5.26 Å². The SMILES string of the molecule is COC(=O)C12CC3CC(C#N)(C1)CC(c1ccccc1)(C3)C2. The Kier molecular flexibility index (Phi) is 2.73. The highest BCUT2D eigenvalue weighted by Crippen LogP contribution is 2.70. The minimum atomic E-state index is -0.445. The highest BCUT2D eigenvalue weighted by atomic mass is 16.5. The molecule has 0 aliphatic heterocycles. The van der Waals surface area contributed by atoms with E-state index in [1.807, 2.05) is 6.07 Å². The van der Waals surface area contributed by atoms with Crippen molar-refractivity contribution in [2.45, 2.75) is 43.9 Å². The number of carbonyl (C=O) groups excluding carboxylic acids is 1. The van der Waals surface area contributed by atoms with Gasteiger partial charge in [0.2, 0.25) is 0 Å². The predicted molar refractivity (Wildman–Crippen MR) is 81.8 cm³/mol. The topological polar surface area (TPSA) is 50.1 Å². The highest BCUT2D eigenvalue weighted by molar-refractivity contribution is 5.78. The molecule has 4 fully saturated rings. The lowest BCUT2D eigenvalue weighted by molar-refractivity contribution is -0.176. The Morgan fingerprint density at radius 3 is 2.64 bits per heavy atom. The maximum Gasteiger partial charge on any atom is 0.311 e. The second-order valence-electron chi connectivity index (χ2n) is 7.82. The Labute approximate surface area is 131 Å². The zero-order chi connectivity index (χ0) is 15.4. The maximum absolute atomic E-state index is 12.6. The minimum Gasteiger partial charge on any atom is -0.469 e. The molecule has 0 radical (unpaired) electrons. The average Bonchev–Trinajstić information content (AvgIpc) is 2.54. The summed E-state index contributed by atoms with van der Waals surface area (Å²) < 4.78 is 5.16. The van der Waals surface area contributed by atoms with E-state index in [0.29, 0.717) is 12.3 Å². The van der Waals surface area contributed by atoms with Crippen molar-refractivity contribution in [1.29, 1.82) is 5.26 Å². The monoisotopic (exact) mass is 295 g/mol. The Hall–Kier alpha value is -1.82. The first-order valence-corrected chi connectivity index (χ1v) is 8.11. The van der Waals surface area contributed by atoms with Crippen molar-refractivity contribution in [1.82, 2.24) is 0 Å². The number of methoxy groups -OCH3 is 1. The Morgan fingerprint density at radius 1 is 1.18 bits per heavy atom. The van der Waals surface area contributed by atoms with E-state index in [2.05, 4.69) is 30.3 Å². The van der Waals surface area contributed by atoms with Crippen LogP contribution in [0.15, 0.2) is 30.3 Å². The number of ether oxygens (including phenoxy) is 1. The first-order valence-electron chi connectivity index (χ1n) is 8.11. The van der Waals surface area contributed by atoms with Gasteiger partial charge in [0.25, 0.3) is 0 Å². The molecule has 114 valence electrons. The summed E-state index contributed by atoms with van der Waals surface area (Å²) in [6.07, 6.45) is 5.40. The number of rotatable bonds is 2. The highest BCUT2D eigenvalue weighted by Gasteiger charge is 2.66. The second-order valence-corrected chi connectivity index (χ2v) is 7.82. The van der Waals surface area contributed by atoms with Crippen molar-refractivity contribution < 1.29 is 9.53 Å². The van der Waals surface area contributed by atoms with Crippen LogP contribution in [0.3, 0.4) is 0 Å². The van der Waals surface area contributed by atoms with Crippen molar-refractivity contribution in [3.05, 3.63) is 35.9 Å². The molecule has 3 heteroatoms. The largest absolute Gasteiger partial charge is 0.469 e. The number of hydrogen-bond donors (Lipinski definition) is 0. The van der Waals surface area contributed by atoms with E-state index in [1.54, 1.807) is 0 Å². The van der Waals surface area contributed by atoms with Gasteiger partial charge < -0.3 is 4.74 Å². The Balaban J connectivity index is 1.85. The van der Waals surface area contributed by atoms with Gasteiger partial charge in [0.15, 0.2) is 0 Å². The van der Waals surface area contributed by atoms with Gasteiger partial charge in [-0.1, -0.05) is 30.3 Å². The molecule has 4 aliphatic rings. The van der Waals surface area contributed by atoms with E-state index in [4.69, 9.17) is 4.74 Å². The van der Waals surface area contributed by atoms with Crippen LogP contribution < -0.4 is 0 Å². The van der Waals surface area contributed by atoms with E-state index >= 15 is 0 Å². The van der Waals surface area contributed by atoms with E-state index < -0.39 is 5.41 Å². The molecule has 4 bridgehead atoms. The zero-order valence-electron chi connectivity index (χ0n) is 13.0. The summed E-state index contributed by atoms with van der Waals surface area (Å²) >= 11 is 0. The summed E-state index contributed by atoms with van der Waals surface area (Å²) in [5.41, 5.74) is 0.486. The molecule has 22 heavy (non-hydrogen) atoms. The molecule has 4 atom stereocenters. The number of nitriles is 1. The van der Waals surface area contributed by atoms with Gasteiger partial charge in [0.05, 0.1) is 24.0 Å². The first-order chi connectivity index (χ1) is 10.6. The molecular weight excluding hydrogens is 274 g/mol. The van der Waals surface area contributed by atoms with E-state index in [1.165, 1.54) is 12.7 Å². The molecule has 1 aromatic rings. The van der Waals surface area contributed by atoms with Crippen LogP contribution in [0, 0.1) is 28.1 Å². The fourth-order valence-electron chi connectivity index (χ4n) is 6.12. The number of hydrogen-bond acceptors (Lipinski definition) is 3. The molecule has 1 aromatic carbocycles. The number of nitrogens with zero attached hydrogens (tertiary/aromatic N) is 1. The molecule has 0 N–H and O–H groups in total. The van der Waals surface area contributed by atoms with Gasteiger partial charge in [-0.15, -0.1) is 0 Å². The van der Waals surface area contributed by atoms with Gasteiger partial charge in [-0.25, -0.2) is 0 Å². The second kappa shape index (κ2) is 4.35. The zero-order valence-corrected chi connectivity index (χ0v) is 13.0. The van der Waals surface area contributed by atoms with E-state index in [0.717, 1.165) is 32.1 Å². The molecule has 3 nitrogen and oxygen atoms in total. The Bertz CT molecular complexity index is 664. The molecule has 4 unspecified atom stereocenters. The van der Waals surface area contributed by atoms with Crippen LogP contribution in [-0.2, 0) is 14.9 Å². The van der Waals surface area contributed by atoms with Crippen LogP contribution in [0.2, 0.25) is 0 Å². The molecule has 5 rings (SSSR count). The lowest BCUT2D eigenvalue weighted by Gasteiger charge is -2.63. The lowest BCUT2D eigenvalue weighted by atomic mass is 9.38. The van der Waals surface area contributed by atoms with Crippen LogP contribution in [0.1, 0.15) is 44.1 Å². The van der Waals surface area contributed by atoms with Gasteiger partial charge >= 0.3 is 5.97 Å². The van der Waals surface area contributed by atoms with E-state index in [9.17, 15) is 10.1 Å². The summed E-state index contributed by atoms with van der Waals surface area (Å²) in [5, 5.41) is 9.86. The quantitative estimate of drug-likeness (QED) is 0.783. The number of benzene rings is 1. The van der Waals surface area contributed by atoms with Gasteiger partial charge in [-0.3, -0.25) is 4.79 Å². The molecule has 0 saturated heterocycles. The minimum absolute atomic E-state index is 0.0232. The fraction of sp³-hybridized carbons (Fsp3) is 0.579. The summed E-state index contributed by atoms with van der Waals surface area (Å²) in [7, 11) is 1.48. The van der Waals surface area contributed by atoms with Crippen molar-refractivity contribution in [2.24, 2.45) is 16.7 Å². The van der Waals surface area contributed by atoms with Gasteiger partial charge in [0, 0.05) is 0 Å². The van der Waals surface area contributed by atoms with Crippen molar-refractivity contribution >= 4 is 5.97 Å². The van der Waals surface area contributed by atoms with Crippen molar-refractivity contribution in [3.63, 3.8) is 0 Å². The van der Waals surface area contributed by atoms with Gasteiger partial charge in [-0.05, 0) is 55.4 Å². The van der Waals surface area contributed by atoms with E-state index in [-0.39, 0.29) is 16.8 Å². The molecule has 0 amide bonds. The average molecular weight is 295 g/mol. The number of carbonyl (C=O) groups is 1. The first kappa shape index (κ1) is 13.8. The van der Waals surface area contributed by atoms with Crippen LogP contribution in [0.4, 0.5) is 0 Å². The third-order valence-electron chi connectivity index (χ3n) is 6.31. The maximum atomic E-state index is 12.6. The normalized spacial score (nSPS) is 41.9. The summed E-state index contributed by atoms with van der Waals surface area (Å²) in [5.74, 6) is 0.367. The van der Waals surface area contributed by atoms with Crippen LogP contribution >= 0.6 is 0 Å². The van der Waals surface area contributed by atoms with Crippen LogP contribution in [-0.4, -0.2) is 13.1 Å². The Morgan fingerprint density at radius 2 is 1.95 bits per heavy atom. The predicted octanol–water partition coefficient (Wildman–Crippen LogP) is 3.59. The standard InChI is InChI=1S/C19H21NO2/c1-22-16(21)19-9-14-7-17(11-19,13-20)10-18(8-14,12-19)15-5-3-2-4-6-15/h2-6,14H,7-12H2,1H3. The molecule has 4 aliphatic carbocycles. The van der Waals surface area contributed by atoms with Crippen molar-refractivity contribution in [3.8, 4) is 6.07 Å². The summed E-state index contributed by atoms with van der Waals surface area (Å²) in [4.78, 5) is 12.6. The summed E-state index contributed by atoms with van der Waals surface area (Å²) in [6, 6.07) is 13.1. The summed E-state index contributed by atoms with van der Waals surface area (Å²) in [6.45, 7) is 0. The third-order valence-corrected chi connectivity index (χ3v) is 6.31. The molecule has 0 aromatic heterocycles. The van der Waals surface area contributed by atoms with Crippen molar-refractivity contribution in [2.75, 3.05) is 7.11 Å². The molecule has 0 heterocycles. The van der Waals surface area contributed by atoms with Crippen LogP contribution in [0.25, 0.3) is 0 Å². The smallest absolute Gasteiger partial charge is 0.311 e. The fourth-order valence-corrected chi connectivity index (χ4v) is 6.12. The molecule has 0 spiro atoms. The third kappa shape index (κ3) is 1.70. The lowest BCUT2D eigenvalue weighted by Crippen LogP contribution is -2.60. The molecular formula is C19H21NO2. The number of esters is 1. The van der Waals surface area contributed by atoms with Gasteiger partial charge in [0.1, 0.15) is 0 Å². The molecule has 4 saturated carbocycles. The van der Waals surface area contributed by atoms with Crippen LogP contribution in [0.5, 0.6) is 0 Å².